The van der Waals surface area contributed by atoms with Crippen molar-refractivity contribution in [1.29, 1.82) is 0 Å². The van der Waals surface area contributed by atoms with Crippen LogP contribution in [-0.4, -0.2) is 38.3 Å². The lowest BCUT2D eigenvalue weighted by atomic mass is 9.81. The van der Waals surface area contributed by atoms with Crippen molar-refractivity contribution < 1.29 is 14.3 Å². The van der Waals surface area contributed by atoms with E-state index < -0.39 is 0 Å². The van der Waals surface area contributed by atoms with Gasteiger partial charge in [-0.25, -0.2) is 0 Å². The maximum atomic E-state index is 12.7. The summed E-state index contributed by atoms with van der Waals surface area (Å²) in [5.74, 6) is 1.24. The number of rotatable bonds is 5. The Morgan fingerprint density at radius 2 is 1.87 bits per heavy atom. The SMILES string of the molecule is COc1ccc2c(c1)CCCC2CC(=O)Nc1ccc(N2CC(C)OC(C)C2)cc1. The van der Waals surface area contributed by atoms with Crippen molar-refractivity contribution in [3.63, 3.8) is 0 Å². The summed E-state index contributed by atoms with van der Waals surface area (Å²) in [6.45, 7) is 6.00. The summed E-state index contributed by atoms with van der Waals surface area (Å²) in [5.41, 5.74) is 4.63. The number of carbonyl (C=O) groups excluding carboxylic acids is 1. The zero-order valence-electron chi connectivity index (χ0n) is 18.2. The first-order chi connectivity index (χ1) is 14.5. The number of hydrogen-bond acceptors (Lipinski definition) is 4. The van der Waals surface area contributed by atoms with Crippen molar-refractivity contribution >= 4 is 17.3 Å². The lowest BCUT2D eigenvalue weighted by Crippen LogP contribution is -2.45. The Hall–Kier alpha value is -2.53. The molecule has 3 unspecified atom stereocenters. The molecule has 5 heteroatoms. The molecule has 2 aliphatic rings. The summed E-state index contributed by atoms with van der Waals surface area (Å²) in [7, 11) is 1.70. The molecule has 2 aromatic rings. The van der Waals surface area contributed by atoms with Crippen molar-refractivity contribution in [2.45, 2.75) is 57.7 Å². The molecule has 30 heavy (non-hydrogen) atoms. The van der Waals surface area contributed by atoms with Crippen LogP contribution in [0.25, 0.3) is 0 Å². The molecule has 1 N–H and O–H groups in total. The normalized spacial score (nSPS) is 23.6. The molecular weight excluding hydrogens is 376 g/mol. The number of hydrogen-bond donors (Lipinski definition) is 1. The second-order valence-corrected chi connectivity index (χ2v) is 8.62. The van der Waals surface area contributed by atoms with Crippen molar-refractivity contribution in [2.75, 3.05) is 30.4 Å². The highest BCUT2D eigenvalue weighted by molar-refractivity contribution is 5.91. The molecule has 1 aliphatic heterocycles. The van der Waals surface area contributed by atoms with Crippen LogP contribution >= 0.6 is 0 Å². The molecule has 0 spiro atoms. The molecule has 5 nitrogen and oxygen atoms in total. The Morgan fingerprint density at radius 3 is 2.57 bits per heavy atom. The van der Waals surface area contributed by atoms with Gasteiger partial charge in [-0.3, -0.25) is 4.79 Å². The Labute approximate surface area is 179 Å². The van der Waals surface area contributed by atoms with Gasteiger partial charge >= 0.3 is 0 Å². The summed E-state index contributed by atoms with van der Waals surface area (Å²) >= 11 is 0. The van der Waals surface area contributed by atoms with E-state index in [4.69, 9.17) is 9.47 Å². The Bertz CT molecular complexity index is 870. The molecule has 0 radical (unpaired) electrons. The van der Waals surface area contributed by atoms with E-state index in [1.54, 1.807) is 7.11 Å². The van der Waals surface area contributed by atoms with E-state index in [0.717, 1.165) is 43.8 Å². The highest BCUT2D eigenvalue weighted by atomic mass is 16.5. The summed E-state index contributed by atoms with van der Waals surface area (Å²) in [5, 5.41) is 3.08. The monoisotopic (exact) mass is 408 g/mol. The third-order valence-electron chi connectivity index (χ3n) is 6.16. The van der Waals surface area contributed by atoms with Gasteiger partial charge in [0.15, 0.2) is 0 Å². The number of benzene rings is 2. The second kappa shape index (κ2) is 9.09. The van der Waals surface area contributed by atoms with E-state index in [0.29, 0.717) is 6.42 Å². The number of nitrogens with zero attached hydrogens (tertiary/aromatic N) is 1. The van der Waals surface area contributed by atoms with Gasteiger partial charge < -0.3 is 19.7 Å². The standard InChI is InChI=1S/C25H32N2O3/c1-17-15-27(16-18(2)30-17)22-9-7-21(8-10-22)26-25(28)14-20-6-4-5-19-13-23(29-3)11-12-24(19)20/h7-13,17-18,20H,4-6,14-16H2,1-3H3,(H,26,28). The fraction of sp³-hybridized carbons (Fsp3) is 0.480. The molecule has 2 aromatic carbocycles. The second-order valence-electron chi connectivity index (χ2n) is 8.62. The van der Waals surface area contributed by atoms with Crippen LogP contribution in [-0.2, 0) is 16.0 Å². The molecule has 1 saturated heterocycles. The fourth-order valence-electron chi connectivity index (χ4n) is 4.81. The maximum absolute atomic E-state index is 12.7. The number of nitrogens with one attached hydrogen (secondary N) is 1. The minimum atomic E-state index is 0.0741. The summed E-state index contributed by atoms with van der Waals surface area (Å²) in [6.07, 6.45) is 4.20. The molecule has 0 aromatic heterocycles. The molecule has 160 valence electrons. The van der Waals surface area contributed by atoms with Gasteiger partial charge in [-0.05, 0) is 86.6 Å². The largest absolute Gasteiger partial charge is 0.497 e. The number of morpholine rings is 1. The van der Waals surface area contributed by atoms with E-state index >= 15 is 0 Å². The number of methoxy groups -OCH3 is 1. The van der Waals surface area contributed by atoms with Crippen molar-refractivity contribution in [2.24, 2.45) is 0 Å². The van der Waals surface area contributed by atoms with Gasteiger partial charge in [0, 0.05) is 30.9 Å². The van der Waals surface area contributed by atoms with Gasteiger partial charge in [-0.1, -0.05) is 6.07 Å². The van der Waals surface area contributed by atoms with Gasteiger partial charge in [0.25, 0.3) is 0 Å². The van der Waals surface area contributed by atoms with E-state index in [2.05, 4.69) is 48.3 Å². The zero-order chi connectivity index (χ0) is 21.1. The van der Waals surface area contributed by atoms with Gasteiger partial charge in [0.1, 0.15) is 5.75 Å². The van der Waals surface area contributed by atoms with Crippen LogP contribution in [0.2, 0.25) is 0 Å². The molecule has 4 rings (SSSR count). The lowest BCUT2D eigenvalue weighted by molar-refractivity contribution is -0.116. The number of anilines is 2. The highest BCUT2D eigenvalue weighted by Crippen LogP contribution is 2.36. The average Bonchev–Trinajstić information content (AvgIpc) is 2.73. The van der Waals surface area contributed by atoms with Crippen LogP contribution in [0, 0.1) is 0 Å². The van der Waals surface area contributed by atoms with Crippen LogP contribution in [0.1, 0.15) is 50.2 Å². The fourth-order valence-corrected chi connectivity index (χ4v) is 4.81. The van der Waals surface area contributed by atoms with Crippen LogP contribution < -0.4 is 15.0 Å². The average molecular weight is 409 g/mol. The molecular formula is C25H32N2O3. The van der Waals surface area contributed by atoms with E-state index in [-0.39, 0.29) is 24.0 Å². The number of carbonyl (C=O) groups is 1. The highest BCUT2D eigenvalue weighted by Gasteiger charge is 2.24. The van der Waals surface area contributed by atoms with Crippen LogP contribution in [0.3, 0.4) is 0 Å². The van der Waals surface area contributed by atoms with Crippen LogP contribution in [0.5, 0.6) is 5.75 Å². The maximum Gasteiger partial charge on any atom is 0.224 e. The predicted molar refractivity (Wildman–Crippen MR) is 121 cm³/mol. The zero-order valence-corrected chi connectivity index (χ0v) is 18.2. The number of ether oxygens (including phenoxy) is 2. The molecule has 1 heterocycles. The lowest BCUT2D eigenvalue weighted by Gasteiger charge is -2.36. The van der Waals surface area contributed by atoms with Crippen molar-refractivity contribution in [1.82, 2.24) is 0 Å². The molecule has 0 saturated carbocycles. The predicted octanol–water partition coefficient (Wildman–Crippen LogP) is 4.76. The van der Waals surface area contributed by atoms with Gasteiger partial charge in [0.2, 0.25) is 5.91 Å². The van der Waals surface area contributed by atoms with Gasteiger partial charge in [0.05, 0.1) is 19.3 Å². The number of fused-ring (bicyclic) bond motifs is 1. The van der Waals surface area contributed by atoms with Crippen LogP contribution in [0.4, 0.5) is 11.4 Å². The number of amides is 1. The molecule has 3 atom stereocenters. The van der Waals surface area contributed by atoms with Crippen molar-refractivity contribution in [3.05, 3.63) is 53.6 Å². The molecule has 1 amide bonds. The third kappa shape index (κ3) is 4.78. The summed E-state index contributed by atoms with van der Waals surface area (Å²) < 4.78 is 11.2. The van der Waals surface area contributed by atoms with E-state index in [1.165, 1.54) is 16.8 Å². The van der Waals surface area contributed by atoms with Crippen molar-refractivity contribution in [3.8, 4) is 5.75 Å². The first kappa shape index (κ1) is 20.7. The molecule has 1 fully saturated rings. The topological polar surface area (TPSA) is 50.8 Å². The summed E-state index contributed by atoms with van der Waals surface area (Å²) in [4.78, 5) is 15.1. The van der Waals surface area contributed by atoms with E-state index in [1.807, 2.05) is 18.2 Å². The Morgan fingerprint density at radius 1 is 1.13 bits per heavy atom. The van der Waals surface area contributed by atoms with E-state index in [9.17, 15) is 4.79 Å². The quantitative estimate of drug-likeness (QED) is 0.775. The third-order valence-corrected chi connectivity index (χ3v) is 6.16. The molecule has 0 bridgehead atoms. The molecule has 1 aliphatic carbocycles. The smallest absolute Gasteiger partial charge is 0.224 e. The minimum Gasteiger partial charge on any atom is -0.497 e. The first-order valence-electron chi connectivity index (χ1n) is 11.0. The van der Waals surface area contributed by atoms with Gasteiger partial charge in [-0.15, -0.1) is 0 Å². The number of aryl methyl sites for hydroxylation is 1. The Balaban J connectivity index is 1.37. The Kier molecular flexibility index (Phi) is 6.28. The van der Waals surface area contributed by atoms with Gasteiger partial charge in [-0.2, -0.15) is 0 Å². The van der Waals surface area contributed by atoms with Crippen LogP contribution in [0.15, 0.2) is 42.5 Å². The summed E-state index contributed by atoms with van der Waals surface area (Å²) in [6, 6.07) is 14.4. The minimum absolute atomic E-state index is 0.0741. The first-order valence-corrected chi connectivity index (χ1v) is 11.0.